The number of anilines is 1. The van der Waals surface area contributed by atoms with Gasteiger partial charge < -0.3 is 10.4 Å². The van der Waals surface area contributed by atoms with Crippen LogP contribution in [-0.4, -0.2) is 11.1 Å². The number of rotatable bonds is 2. The number of hydrogen-bond donors (Lipinski definition) is 2. The maximum atomic E-state index is 10.4. The lowest BCUT2D eigenvalue weighted by Crippen LogP contribution is -2.24. The van der Waals surface area contributed by atoms with Crippen molar-refractivity contribution in [1.82, 2.24) is 0 Å². The Balaban J connectivity index is 1.80. The van der Waals surface area contributed by atoms with Crippen molar-refractivity contribution < 1.29 is 5.11 Å². The quantitative estimate of drug-likeness (QED) is 0.852. The first-order valence-corrected chi connectivity index (χ1v) is 6.64. The lowest BCUT2D eigenvalue weighted by molar-refractivity contribution is 0.160. The Hall–Kier alpha value is -1.32. The second kappa shape index (κ2) is 4.17. The predicted molar refractivity (Wildman–Crippen MR) is 71.6 cm³/mol. The number of aryl methyl sites for hydroxylation is 1. The molecule has 0 saturated carbocycles. The molecule has 1 aliphatic rings. The Labute approximate surface area is 105 Å². The third-order valence-corrected chi connectivity index (χ3v) is 4.30. The van der Waals surface area contributed by atoms with Crippen molar-refractivity contribution in [3.63, 3.8) is 0 Å². The molecule has 1 aromatic heterocycles. The highest BCUT2D eigenvalue weighted by molar-refractivity contribution is 7.12. The smallest absolute Gasteiger partial charge is 0.108 e. The van der Waals surface area contributed by atoms with Crippen molar-refractivity contribution in [1.29, 1.82) is 0 Å². The van der Waals surface area contributed by atoms with E-state index in [9.17, 15) is 5.11 Å². The Morgan fingerprint density at radius 3 is 2.82 bits per heavy atom. The standard InChI is InChI=1S/C14H15NOS/c1-9-6-7-13(17-9)14(16)12-8-10-4-2-3-5-11(10)15-12/h2-7,12,14-16H,8H2,1H3. The van der Waals surface area contributed by atoms with Gasteiger partial charge in [0.1, 0.15) is 6.10 Å². The number of aliphatic hydroxyl groups excluding tert-OH is 1. The second-order valence-electron chi connectivity index (χ2n) is 4.51. The van der Waals surface area contributed by atoms with Crippen molar-refractivity contribution in [3.05, 3.63) is 51.7 Å². The molecule has 17 heavy (non-hydrogen) atoms. The molecule has 0 bridgehead atoms. The molecule has 0 amide bonds. The van der Waals surface area contributed by atoms with Crippen molar-refractivity contribution in [2.75, 3.05) is 5.32 Å². The Morgan fingerprint density at radius 2 is 2.12 bits per heavy atom. The van der Waals surface area contributed by atoms with Gasteiger partial charge in [-0.3, -0.25) is 0 Å². The molecule has 2 nitrogen and oxygen atoms in total. The molecule has 88 valence electrons. The van der Waals surface area contributed by atoms with Crippen molar-refractivity contribution in [2.24, 2.45) is 0 Å². The van der Waals surface area contributed by atoms with E-state index in [0.717, 1.165) is 17.0 Å². The fraction of sp³-hybridized carbons (Fsp3) is 0.286. The first-order chi connectivity index (χ1) is 8.24. The van der Waals surface area contributed by atoms with Crippen LogP contribution in [0.25, 0.3) is 0 Å². The van der Waals surface area contributed by atoms with Crippen molar-refractivity contribution in [2.45, 2.75) is 25.5 Å². The summed E-state index contributed by atoms with van der Waals surface area (Å²) >= 11 is 1.67. The van der Waals surface area contributed by atoms with E-state index in [1.807, 2.05) is 18.2 Å². The molecule has 0 spiro atoms. The number of aliphatic hydroxyl groups is 1. The Kier molecular flexibility index (Phi) is 2.65. The fourth-order valence-electron chi connectivity index (χ4n) is 2.33. The van der Waals surface area contributed by atoms with Gasteiger partial charge in [0.2, 0.25) is 0 Å². The predicted octanol–water partition coefficient (Wildman–Crippen LogP) is 3.13. The van der Waals surface area contributed by atoms with Gasteiger partial charge in [-0.25, -0.2) is 0 Å². The monoisotopic (exact) mass is 245 g/mol. The molecule has 2 N–H and O–H groups in total. The number of benzene rings is 1. The molecule has 0 saturated heterocycles. The third kappa shape index (κ3) is 1.96. The molecular weight excluding hydrogens is 230 g/mol. The van der Waals surface area contributed by atoms with Crippen LogP contribution >= 0.6 is 11.3 Å². The zero-order valence-corrected chi connectivity index (χ0v) is 10.5. The molecular formula is C14H15NOS. The molecule has 2 unspecified atom stereocenters. The summed E-state index contributed by atoms with van der Waals surface area (Å²) in [7, 11) is 0. The minimum absolute atomic E-state index is 0.102. The topological polar surface area (TPSA) is 32.3 Å². The van der Waals surface area contributed by atoms with E-state index in [2.05, 4.69) is 30.4 Å². The maximum Gasteiger partial charge on any atom is 0.108 e. The zero-order chi connectivity index (χ0) is 11.8. The van der Waals surface area contributed by atoms with Gasteiger partial charge in [-0.1, -0.05) is 18.2 Å². The van der Waals surface area contributed by atoms with E-state index in [0.29, 0.717) is 0 Å². The Bertz CT molecular complexity index is 510. The molecule has 3 heteroatoms. The molecule has 0 aliphatic carbocycles. The van der Waals surface area contributed by atoms with Gasteiger partial charge in [-0.05, 0) is 37.1 Å². The van der Waals surface area contributed by atoms with Crippen LogP contribution in [0.4, 0.5) is 5.69 Å². The van der Waals surface area contributed by atoms with Gasteiger partial charge in [0, 0.05) is 15.4 Å². The minimum atomic E-state index is -0.416. The summed E-state index contributed by atoms with van der Waals surface area (Å²) in [6.45, 7) is 2.07. The fourth-order valence-corrected chi connectivity index (χ4v) is 3.26. The molecule has 1 aliphatic heterocycles. The van der Waals surface area contributed by atoms with Crippen LogP contribution in [0.1, 0.15) is 21.4 Å². The highest BCUT2D eigenvalue weighted by atomic mass is 32.1. The summed E-state index contributed by atoms with van der Waals surface area (Å²) in [5, 5.41) is 13.8. The summed E-state index contributed by atoms with van der Waals surface area (Å²) in [5.74, 6) is 0. The van der Waals surface area contributed by atoms with Crippen LogP contribution in [0, 0.1) is 6.92 Å². The lowest BCUT2D eigenvalue weighted by atomic mass is 10.0. The van der Waals surface area contributed by atoms with E-state index in [4.69, 9.17) is 0 Å². The summed E-state index contributed by atoms with van der Waals surface area (Å²) in [4.78, 5) is 2.29. The number of nitrogens with one attached hydrogen (secondary N) is 1. The van der Waals surface area contributed by atoms with Crippen LogP contribution < -0.4 is 5.32 Å². The molecule has 2 heterocycles. The van der Waals surface area contributed by atoms with Gasteiger partial charge >= 0.3 is 0 Å². The molecule has 3 rings (SSSR count). The second-order valence-corrected chi connectivity index (χ2v) is 5.82. The van der Waals surface area contributed by atoms with Crippen LogP contribution in [0.3, 0.4) is 0 Å². The highest BCUT2D eigenvalue weighted by Crippen LogP contribution is 2.33. The van der Waals surface area contributed by atoms with Crippen LogP contribution in [0.15, 0.2) is 36.4 Å². The zero-order valence-electron chi connectivity index (χ0n) is 9.68. The number of para-hydroxylation sites is 1. The minimum Gasteiger partial charge on any atom is -0.385 e. The molecule has 2 aromatic rings. The van der Waals surface area contributed by atoms with Gasteiger partial charge in [-0.15, -0.1) is 11.3 Å². The summed E-state index contributed by atoms with van der Waals surface area (Å²) in [6, 6.07) is 12.4. The normalized spacial score (nSPS) is 19.8. The summed E-state index contributed by atoms with van der Waals surface area (Å²) < 4.78 is 0. The Morgan fingerprint density at radius 1 is 1.29 bits per heavy atom. The van der Waals surface area contributed by atoms with Crippen molar-refractivity contribution in [3.8, 4) is 0 Å². The average Bonchev–Trinajstić information content (AvgIpc) is 2.93. The highest BCUT2D eigenvalue weighted by Gasteiger charge is 2.28. The largest absolute Gasteiger partial charge is 0.385 e. The molecule has 0 fully saturated rings. The summed E-state index contributed by atoms with van der Waals surface area (Å²) in [6.07, 6.45) is 0.481. The van der Waals surface area contributed by atoms with E-state index < -0.39 is 6.10 Å². The van der Waals surface area contributed by atoms with Gasteiger partial charge in [0.15, 0.2) is 0 Å². The van der Waals surface area contributed by atoms with Gasteiger partial charge in [0.25, 0.3) is 0 Å². The van der Waals surface area contributed by atoms with Crippen molar-refractivity contribution >= 4 is 17.0 Å². The molecule has 1 aromatic carbocycles. The molecule has 2 atom stereocenters. The lowest BCUT2D eigenvalue weighted by Gasteiger charge is -2.17. The van der Waals surface area contributed by atoms with Crippen LogP contribution in [0.5, 0.6) is 0 Å². The third-order valence-electron chi connectivity index (χ3n) is 3.23. The number of thiophene rings is 1. The number of hydrogen-bond acceptors (Lipinski definition) is 3. The first-order valence-electron chi connectivity index (χ1n) is 5.83. The van der Waals surface area contributed by atoms with Crippen LogP contribution in [-0.2, 0) is 6.42 Å². The van der Waals surface area contributed by atoms with Gasteiger partial charge in [-0.2, -0.15) is 0 Å². The SMILES string of the molecule is Cc1ccc(C(O)C2Cc3ccccc3N2)s1. The maximum absolute atomic E-state index is 10.4. The first kappa shape index (κ1) is 10.8. The molecule has 0 radical (unpaired) electrons. The van der Waals surface area contributed by atoms with E-state index in [1.54, 1.807) is 11.3 Å². The van der Waals surface area contributed by atoms with E-state index >= 15 is 0 Å². The van der Waals surface area contributed by atoms with Gasteiger partial charge in [0.05, 0.1) is 6.04 Å². The van der Waals surface area contributed by atoms with E-state index in [1.165, 1.54) is 10.4 Å². The number of fused-ring (bicyclic) bond motifs is 1. The van der Waals surface area contributed by atoms with Crippen LogP contribution in [0.2, 0.25) is 0 Å². The van der Waals surface area contributed by atoms with E-state index in [-0.39, 0.29) is 6.04 Å². The average molecular weight is 245 g/mol. The summed E-state index contributed by atoms with van der Waals surface area (Å²) in [5.41, 5.74) is 2.45.